The van der Waals surface area contributed by atoms with Gasteiger partial charge < -0.3 is 5.11 Å². The summed E-state index contributed by atoms with van der Waals surface area (Å²) in [4.78, 5) is 4.63. The third-order valence-electron chi connectivity index (χ3n) is 3.25. The first-order valence-electron chi connectivity index (χ1n) is 5.56. The van der Waals surface area contributed by atoms with Crippen LogP contribution in [0.1, 0.15) is 17.8 Å². The minimum Gasteiger partial charge on any atom is -0.395 e. The number of halogens is 1. The Hall–Kier alpha value is -0.900. The van der Waals surface area contributed by atoms with Gasteiger partial charge in [0.1, 0.15) is 5.01 Å². The zero-order valence-corrected chi connectivity index (χ0v) is 10.8. The number of rotatable bonds is 3. The van der Waals surface area contributed by atoms with E-state index < -0.39 is 0 Å². The molecule has 2 nitrogen and oxygen atoms in total. The Morgan fingerprint density at radius 3 is 2.59 bits per heavy atom. The van der Waals surface area contributed by atoms with Gasteiger partial charge in [-0.2, -0.15) is 0 Å². The highest BCUT2D eigenvalue weighted by Crippen LogP contribution is 2.49. The fourth-order valence-electron chi connectivity index (χ4n) is 1.86. The number of hydrogen-bond donors (Lipinski definition) is 1. The standard InChI is InChI=1S/C13H12ClNOS/c14-10-3-1-9(2-4-10)11-7-17-12(15-11)13(8-16)5-6-13/h1-4,7,16H,5-6,8H2. The Morgan fingerprint density at radius 2 is 2.00 bits per heavy atom. The van der Waals surface area contributed by atoms with Gasteiger partial charge in [0.25, 0.3) is 0 Å². The monoisotopic (exact) mass is 265 g/mol. The summed E-state index contributed by atoms with van der Waals surface area (Å²) in [6.07, 6.45) is 2.11. The van der Waals surface area contributed by atoms with Crippen molar-refractivity contribution in [2.24, 2.45) is 0 Å². The van der Waals surface area contributed by atoms with E-state index in [-0.39, 0.29) is 12.0 Å². The average molecular weight is 266 g/mol. The predicted molar refractivity (Wildman–Crippen MR) is 70.6 cm³/mol. The van der Waals surface area contributed by atoms with Crippen LogP contribution in [0.4, 0.5) is 0 Å². The van der Waals surface area contributed by atoms with E-state index in [0.717, 1.165) is 34.1 Å². The summed E-state index contributed by atoms with van der Waals surface area (Å²) in [5.41, 5.74) is 2.02. The van der Waals surface area contributed by atoms with Gasteiger partial charge in [0, 0.05) is 21.4 Å². The molecule has 0 amide bonds. The zero-order valence-electron chi connectivity index (χ0n) is 9.19. The first-order chi connectivity index (χ1) is 8.23. The number of hydrogen-bond acceptors (Lipinski definition) is 3. The molecule has 1 N–H and O–H groups in total. The molecule has 1 fully saturated rings. The van der Waals surface area contributed by atoms with E-state index in [2.05, 4.69) is 4.98 Å². The molecule has 1 aliphatic rings. The molecule has 0 spiro atoms. The summed E-state index contributed by atoms with van der Waals surface area (Å²) in [6, 6.07) is 7.68. The van der Waals surface area contributed by atoms with Crippen molar-refractivity contribution in [1.29, 1.82) is 0 Å². The summed E-state index contributed by atoms with van der Waals surface area (Å²) in [5, 5.41) is 13.2. The predicted octanol–water partition coefficient (Wildman–Crippen LogP) is 3.49. The van der Waals surface area contributed by atoms with Crippen LogP contribution in [-0.4, -0.2) is 16.7 Å². The summed E-state index contributed by atoms with van der Waals surface area (Å²) in [5.74, 6) is 0. The number of nitrogens with zero attached hydrogens (tertiary/aromatic N) is 1. The van der Waals surface area contributed by atoms with E-state index in [1.54, 1.807) is 11.3 Å². The molecule has 1 heterocycles. The highest BCUT2D eigenvalue weighted by Gasteiger charge is 2.46. The van der Waals surface area contributed by atoms with Crippen LogP contribution in [0.2, 0.25) is 5.02 Å². The molecule has 3 rings (SSSR count). The minimum absolute atomic E-state index is 0.0324. The van der Waals surface area contributed by atoms with Gasteiger partial charge in [0.2, 0.25) is 0 Å². The number of benzene rings is 1. The van der Waals surface area contributed by atoms with Crippen molar-refractivity contribution in [3.63, 3.8) is 0 Å². The van der Waals surface area contributed by atoms with E-state index in [1.807, 2.05) is 29.6 Å². The normalized spacial score (nSPS) is 17.1. The van der Waals surface area contributed by atoms with Gasteiger partial charge in [-0.1, -0.05) is 23.7 Å². The van der Waals surface area contributed by atoms with Crippen LogP contribution in [0, 0.1) is 0 Å². The van der Waals surface area contributed by atoms with Crippen LogP contribution in [0.25, 0.3) is 11.3 Å². The molecule has 1 saturated carbocycles. The number of aliphatic hydroxyl groups is 1. The number of aliphatic hydroxyl groups excluding tert-OH is 1. The Balaban J connectivity index is 1.92. The third-order valence-corrected chi connectivity index (χ3v) is 4.59. The van der Waals surface area contributed by atoms with E-state index in [0.29, 0.717) is 0 Å². The van der Waals surface area contributed by atoms with Crippen molar-refractivity contribution < 1.29 is 5.11 Å². The minimum atomic E-state index is -0.0324. The smallest absolute Gasteiger partial charge is 0.102 e. The third kappa shape index (κ3) is 1.99. The van der Waals surface area contributed by atoms with Crippen molar-refractivity contribution in [3.8, 4) is 11.3 Å². The SMILES string of the molecule is OCC1(c2nc(-c3ccc(Cl)cc3)cs2)CC1. The molecule has 0 radical (unpaired) electrons. The van der Waals surface area contributed by atoms with Gasteiger partial charge in [-0.05, 0) is 25.0 Å². The molecule has 2 aromatic rings. The van der Waals surface area contributed by atoms with Gasteiger partial charge in [0.15, 0.2) is 0 Å². The highest BCUT2D eigenvalue weighted by molar-refractivity contribution is 7.10. The molecule has 0 saturated heterocycles. The summed E-state index contributed by atoms with van der Waals surface area (Å²) < 4.78 is 0. The van der Waals surface area contributed by atoms with Gasteiger partial charge in [-0.25, -0.2) is 4.98 Å². The molecule has 0 unspecified atom stereocenters. The maximum atomic E-state index is 9.38. The topological polar surface area (TPSA) is 33.1 Å². The largest absolute Gasteiger partial charge is 0.395 e. The van der Waals surface area contributed by atoms with E-state index in [1.165, 1.54) is 0 Å². The fourth-order valence-corrected chi connectivity index (χ4v) is 3.07. The van der Waals surface area contributed by atoms with Gasteiger partial charge in [-0.3, -0.25) is 0 Å². The molecule has 0 aliphatic heterocycles. The van der Waals surface area contributed by atoms with Crippen molar-refractivity contribution in [2.75, 3.05) is 6.61 Å². The van der Waals surface area contributed by atoms with Crippen LogP contribution in [0.5, 0.6) is 0 Å². The quantitative estimate of drug-likeness (QED) is 0.922. The maximum absolute atomic E-state index is 9.38. The first kappa shape index (κ1) is 11.2. The molecular formula is C13H12ClNOS. The zero-order chi connectivity index (χ0) is 11.9. The van der Waals surface area contributed by atoms with E-state index >= 15 is 0 Å². The highest BCUT2D eigenvalue weighted by atomic mass is 35.5. The fraction of sp³-hybridized carbons (Fsp3) is 0.308. The molecule has 1 aromatic carbocycles. The Labute approximate surface area is 109 Å². The van der Waals surface area contributed by atoms with Crippen molar-refractivity contribution in [1.82, 2.24) is 4.98 Å². The Kier molecular flexibility index (Phi) is 2.69. The van der Waals surface area contributed by atoms with Gasteiger partial charge in [0.05, 0.1) is 12.3 Å². The Bertz CT molecular complexity index is 531. The molecule has 88 valence electrons. The molecule has 4 heteroatoms. The van der Waals surface area contributed by atoms with Crippen molar-refractivity contribution >= 4 is 22.9 Å². The lowest BCUT2D eigenvalue weighted by atomic mass is 10.1. The second-order valence-corrected chi connectivity index (χ2v) is 5.78. The second-order valence-electron chi connectivity index (χ2n) is 4.48. The van der Waals surface area contributed by atoms with Crippen LogP contribution in [-0.2, 0) is 5.41 Å². The van der Waals surface area contributed by atoms with E-state index in [9.17, 15) is 5.11 Å². The molecule has 17 heavy (non-hydrogen) atoms. The average Bonchev–Trinajstić information content (AvgIpc) is 3.00. The number of thiazole rings is 1. The van der Waals surface area contributed by atoms with Crippen molar-refractivity contribution in [2.45, 2.75) is 18.3 Å². The maximum Gasteiger partial charge on any atom is 0.102 e. The van der Waals surface area contributed by atoms with Crippen molar-refractivity contribution in [3.05, 3.63) is 39.7 Å². The van der Waals surface area contributed by atoms with Gasteiger partial charge in [-0.15, -0.1) is 11.3 Å². The molecule has 0 atom stereocenters. The van der Waals surface area contributed by atoms with E-state index in [4.69, 9.17) is 11.6 Å². The lowest BCUT2D eigenvalue weighted by Crippen LogP contribution is -2.11. The van der Waals surface area contributed by atoms with Crippen LogP contribution in [0.3, 0.4) is 0 Å². The molecular weight excluding hydrogens is 254 g/mol. The van der Waals surface area contributed by atoms with Gasteiger partial charge >= 0.3 is 0 Å². The summed E-state index contributed by atoms with van der Waals surface area (Å²) in [7, 11) is 0. The number of aromatic nitrogens is 1. The lowest BCUT2D eigenvalue weighted by molar-refractivity contribution is 0.255. The summed E-state index contributed by atoms with van der Waals surface area (Å²) in [6.45, 7) is 0.209. The first-order valence-corrected chi connectivity index (χ1v) is 6.82. The Morgan fingerprint density at radius 1 is 1.29 bits per heavy atom. The molecule has 1 aromatic heterocycles. The van der Waals surface area contributed by atoms with Crippen LogP contribution >= 0.6 is 22.9 Å². The molecule has 1 aliphatic carbocycles. The lowest BCUT2D eigenvalue weighted by Gasteiger charge is -2.05. The summed E-state index contributed by atoms with van der Waals surface area (Å²) >= 11 is 7.50. The van der Waals surface area contributed by atoms with Crippen LogP contribution < -0.4 is 0 Å². The van der Waals surface area contributed by atoms with Crippen LogP contribution in [0.15, 0.2) is 29.6 Å². The second kappa shape index (κ2) is 4.09. The molecule has 0 bridgehead atoms.